The molecule has 1 heterocycles. The van der Waals surface area contributed by atoms with Crippen molar-refractivity contribution in [3.05, 3.63) is 60.7 Å². The molecule has 2 rings (SSSR count). The van der Waals surface area contributed by atoms with Gasteiger partial charge >= 0.3 is 0 Å². The van der Waals surface area contributed by atoms with Crippen LogP contribution in [0.5, 0.6) is 0 Å². The summed E-state index contributed by atoms with van der Waals surface area (Å²) in [5.74, 6) is 0. The van der Waals surface area contributed by atoms with Crippen LogP contribution in [0.25, 0.3) is 0 Å². The number of aromatic nitrogens is 3. The van der Waals surface area contributed by atoms with E-state index in [2.05, 4.69) is 41.0 Å². The van der Waals surface area contributed by atoms with Gasteiger partial charge in [-0.2, -0.15) is 0 Å². The summed E-state index contributed by atoms with van der Waals surface area (Å²) in [5, 5.41) is 7.53. The van der Waals surface area contributed by atoms with Gasteiger partial charge < -0.3 is 4.57 Å². The maximum absolute atomic E-state index is 3.77. The van der Waals surface area contributed by atoms with E-state index >= 15 is 0 Å². The first-order valence-corrected chi connectivity index (χ1v) is 4.89. The van der Waals surface area contributed by atoms with Crippen molar-refractivity contribution >= 4 is 0 Å². The Balaban J connectivity index is 2.07. The summed E-state index contributed by atoms with van der Waals surface area (Å²) in [7, 11) is 0. The molecule has 1 aromatic heterocycles. The van der Waals surface area contributed by atoms with Crippen molar-refractivity contribution in [3.63, 3.8) is 0 Å². The minimum atomic E-state index is 0.821. The van der Waals surface area contributed by atoms with Gasteiger partial charge in [0.2, 0.25) is 0 Å². The highest BCUT2D eigenvalue weighted by Gasteiger charge is 1.95. The Morgan fingerprint density at radius 3 is 2.27 bits per heavy atom. The van der Waals surface area contributed by atoms with Crippen molar-refractivity contribution in [2.45, 2.75) is 13.0 Å². The maximum Gasteiger partial charge on any atom is 0.119 e. The smallest absolute Gasteiger partial charge is 0.119 e. The van der Waals surface area contributed by atoms with Crippen LogP contribution >= 0.6 is 0 Å². The second kappa shape index (κ2) is 4.55. The minimum Gasteiger partial charge on any atom is -0.316 e. The third-order valence-electron chi connectivity index (χ3n) is 2.23. The quantitative estimate of drug-likeness (QED) is 0.705. The van der Waals surface area contributed by atoms with E-state index in [0.29, 0.717) is 0 Å². The van der Waals surface area contributed by atoms with Gasteiger partial charge in [0.25, 0.3) is 0 Å². The van der Waals surface area contributed by atoms with E-state index in [-0.39, 0.29) is 0 Å². The van der Waals surface area contributed by atoms with E-state index in [1.54, 1.807) is 12.7 Å². The average Bonchev–Trinajstić information content (AvgIpc) is 2.74. The van der Waals surface area contributed by atoms with Crippen LogP contribution < -0.4 is 0 Å². The lowest BCUT2D eigenvalue weighted by Gasteiger charge is -2.02. The van der Waals surface area contributed by atoms with Crippen molar-refractivity contribution in [3.8, 4) is 0 Å². The summed E-state index contributed by atoms with van der Waals surface area (Å²) < 4.78 is 1.95. The van der Waals surface area contributed by atoms with Crippen LogP contribution in [-0.4, -0.2) is 14.8 Å². The van der Waals surface area contributed by atoms with Crippen LogP contribution in [0.4, 0.5) is 0 Å². The predicted octanol–water partition coefficient (Wildman–Crippen LogP) is 2.05. The summed E-state index contributed by atoms with van der Waals surface area (Å²) in [6.45, 7) is 4.54. The lowest BCUT2D eigenvalue weighted by atomic mass is 10.1. The third kappa shape index (κ3) is 2.53. The highest BCUT2D eigenvalue weighted by atomic mass is 15.2. The molecule has 0 spiro atoms. The topological polar surface area (TPSA) is 30.7 Å². The fourth-order valence-electron chi connectivity index (χ4n) is 1.46. The molecule has 1 aromatic carbocycles. The summed E-state index contributed by atoms with van der Waals surface area (Å²) >= 11 is 0. The number of hydrogen-bond donors (Lipinski definition) is 0. The lowest BCUT2D eigenvalue weighted by molar-refractivity contribution is 0.794. The fourth-order valence-corrected chi connectivity index (χ4v) is 1.46. The Bertz CT molecular complexity index is 415. The van der Waals surface area contributed by atoms with Gasteiger partial charge in [-0.25, -0.2) is 0 Å². The molecule has 76 valence electrons. The predicted molar refractivity (Wildman–Crippen MR) is 59.5 cm³/mol. The van der Waals surface area contributed by atoms with Crippen molar-refractivity contribution in [2.24, 2.45) is 0 Å². The molecule has 0 saturated carbocycles. The van der Waals surface area contributed by atoms with Crippen LogP contribution in [0.1, 0.15) is 11.1 Å². The maximum atomic E-state index is 3.77. The van der Waals surface area contributed by atoms with E-state index in [1.165, 1.54) is 11.1 Å². The second-order valence-corrected chi connectivity index (χ2v) is 3.44. The monoisotopic (exact) mass is 199 g/mol. The van der Waals surface area contributed by atoms with E-state index in [0.717, 1.165) is 13.0 Å². The number of allylic oxidation sites excluding steroid dienone is 1. The van der Waals surface area contributed by atoms with Gasteiger partial charge in [0.1, 0.15) is 12.7 Å². The standard InChI is InChI=1S/C12H13N3/c1-2-3-11-4-6-12(7-5-11)8-15-9-13-14-10-15/h2,4-7,9-10H,1,3,8H2. The molecule has 15 heavy (non-hydrogen) atoms. The molecule has 0 fully saturated rings. The molecule has 3 heteroatoms. The zero-order valence-electron chi connectivity index (χ0n) is 8.50. The molecule has 0 unspecified atom stereocenters. The first-order valence-electron chi connectivity index (χ1n) is 4.89. The molecule has 0 aliphatic rings. The van der Waals surface area contributed by atoms with Gasteiger partial charge in [0, 0.05) is 6.54 Å². The minimum absolute atomic E-state index is 0.821. The molecular weight excluding hydrogens is 186 g/mol. The molecule has 0 aliphatic heterocycles. The Hall–Kier alpha value is -1.90. The Kier molecular flexibility index (Phi) is 2.93. The van der Waals surface area contributed by atoms with Crippen LogP contribution in [-0.2, 0) is 13.0 Å². The van der Waals surface area contributed by atoms with E-state index in [1.807, 2.05) is 10.6 Å². The normalized spacial score (nSPS) is 10.1. The molecule has 2 aromatic rings. The number of benzene rings is 1. The van der Waals surface area contributed by atoms with E-state index in [9.17, 15) is 0 Å². The van der Waals surface area contributed by atoms with Gasteiger partial charge in [-0.15, -0.1) is 16.8 Å². The van der Waals surface area contributed by atoms with Gasteiger partial charge in [0.15, 0.2) is 0 Å². The highest BCUT2D eigenvalue weighted by Crippen LogP contribution is 2.06. The molecule has 0 amide bonds. The fraction of sp³-hybridized carbons (Fsp3) is 0.167. The largest absolute Gasteiger partial charge is 0.316 e. The summed E-state index contributed by atoms with van der Waals surface area (Å²) in [6, 6.07) is 8.50. The van der Waals surface area contributed by atoms with Gasteiger partial charge in [-0.1, -0.05) is 30.3 Å². The molecule has 0 saturated heterocycles. The van der Waals surface area contributed by atoms with Crippen LogP contribution in [0.15, 0.2) is 49.6 Å². The number of hydrogen-bond acceptors (Lipinski definition) is 2. The van der Waals surface area contributed by atoms with Crippen molar-refractivity contribution in [2.75, 3.05) is 0 Å². The molecular formula is C12H13N3. The van der Waals surface area contributed by atoms with Gasteiger partial charge in [-0.3, -0.25) is 0 Å². The first-order chi connectivity index (χ1) is 7.38. The molecule has 0 aliphatic carbocycles. The van der Waals surface area contributed by atoms with Crippen LogP contribution in [0.3, 0.4) is 0 Å². The zero-order chi connectivity index (χ0) is 10.5. The summed E-state index contributed by atoms with van der Waals surface area (Å²) in [6.07, 6.45) is 6.27. The Labute approximate surface area is 89.1 Å². The molecule has 0 N–H and O–H groups in total. The summed E-state index contributed by atoms with van der Waals surface area (Å²) in [5.41, 5.74) is 2.54. The van der Waals surface area contributed by atoms with Gasteiger partial charge in [-0.05, 0) is 17.5 Å². The van der Waals surface area contributed by atoms with Gasteiger partial charge in [0.05, 0.1) is 0 Å². The van der Waals surface area contributed by atoms with Crippen molar-refractivity contribution in [1.29, 1.82) is 0 Å². The Morgan fingerprint density at radius 1 is 1.07 bits per heavy atom. The van der Waals surface area contributed by atoms with E-state index in [4.69, 9.17) is 0 Å². The number of rotatable bonds is 4. The second-order valence-electron chi connectivity index (χ2n) is 3.44. The van der Waals surface area contributed by atoms with Crippen molar-refractivity contribution < 1.29 is 0 Å². The molecule has 0 bridgehead atoms. The molecule has 0 atom stereocenters. The third-order valence-corrected chi connectivity index (χ3v) is 2.23. The SMILES string of the molecule is C=CCc1ccc(Cn2cnnc2)cc1. The average molecular weight is 199 g/mol. The van der Waals surface area contributed by atoms with Crippen molar-refractivity contribution in [1.82, 2.24) is 14.8 Å². The summed E-state index contributed by atoms with van der Waals surface area (Å²) in [4.78, 5) is 0. The molecule has 0 radical (unpaired) electrons. The molecule has 3 nitrogen and oxygen atoms in total. The Morgan fingerprint density at radius 2 is 1.67 bits per heavy atom. The van der Waals surface area contributed by atoms with Crippen LogP contribution in [0, 0.1) is 0 Å². The van der Waals surface area contributed by atoms with Crippen LogP contribution in [0.2, 0.25) is 0 Å². The number of nitrogens with zero attached hydrogens (tertiary/aromatic N) is 3. The zero-order valence-corrected chi connectivity index (χ0v) is 8.50. The first kappa shape index (κ1) is 9.65. The van der Waals surface area contributed by atoms with E-state index < -0.39 is 0 Å². The highest BCUT2D eigenvalue weighted by molar-refractivity contribution is 5.24. The lowest BCUT2D eigenvalue weighted by Crippen LogP contribution is -1.96.